The lowest BCUT2D eigenvalue weighted by atomic mass is 9.97. The number of halogens is 1. The maximum atomic E-state index is 6.28. The first-order valence-electron chi connectivity index (χ1n) is 8.09. The second-order valence-electron chi connectivity index (χ2n) is 6.29. The quantitative estimate of drug-likeness (QED) is 0.726. The first kappa shape index (κ1) is 16.3. The molecule has 1 aliphatic rings. The standard InChI is InChI=1S/C17H19ClN4S2/c1-22(8-10-6-7-13(18)23-10)9-14-20-16(19)15-11-4-2-3-5-12(11)24-17(15)21-14/h6-7H,2-5,8-9H2,1H3,(H2,19,20,21). The normalized spacial score (nSPS) is 14.5. The molecule has 0 fully saturated rings. The summed E-state index contributed by atoms with van der Waals surface area (Å²) < 4.78 is 0.824. The van der Waals surface area contributed by atoms with E-state index in [-0.39, 0.29) is 0 Å². The number of anilines is 1. The number of nitrogen functional groups attached to an aromatic ring is 1. The van der Waals surface area contributed by atoms with Gasteiger partial charge in [0.15, 0.2) is 0 Å². The summed E-state index contributed by atoms with van der Waals surface area (Å²) in [7, 11) is 2.07. The van der Waals surface area contributed by atoms with Crippen LogP contribution in [0.5, 0.6) is 0 Å². The Morgan fingerprint density at radius 1 is 1.17 bits per heavy atom. The minimum absolute atomic E-state index is 0.641. The third-order valence-corrected chi connectivity index (χ3v) is 6.76. The van der Waals surface area contributed by atoms with Crippen LogP contribution in [0.25, 0.3) is 10.2 Å². The number of fused-ring (bicyclic) bond motifs is 3. The molecular formula is C17H19ClN4S2. The predicted molar refractivity (Wildman–Crippen MR) is 103 cm³/mol. The maximum absolute atomic E-state index is 6.28. The molecule has 4 rings (SSSR count). The van der Waals surface area contributed by atoms with Crippen LogP contribution < -0.4 is 5.73 Å². The minimum atomic E-state index is 0.641. The van der Waals surface area contributed by atoms with Gasteiger partial charge in [-0.2, -0.15) is 0 Å². The smallest absolute Gasteiger partial charge is 0.146 e. The van der Waals surface area contributed by atoms with E-state index in [1.807, 2.05) is 6.07 Å². The van der Waals surface area contributed by atoms with Crippen molar-refractivity contribution in [1.29, 1.82) is 0 Å². The zero-order chi connectivity index (χ0) is 16.7. The van der Waals surface area contributed by atoms with E-state index in [1.165, 1.54) is 28.2 Å². The zero-order valence-corrected chi connectivity index (χ0v) is 15.9. The van der Waals surface area contributed by atoms with Gasteiger partial charge < -0.3 is 5.73 Å². The maximum Gasteiger partial charge on any atom is 0.146 e. The highest BCUT2D eigenvalue weighted by molar-refractivity contribution is 7.19. The van der Waals surface area contributed by atoms with E-state index in [1.54, 1.807) is 22.7 Å². The van der Waals surface area contributed by atoms with E-state index in [2.05, 4.69) is 23.0 Å². The van der Waals surface area contributed by atoms with Crippen LogP contribution in [-0.2, 0) is 25.9 Å². The topological polar surface area (TPSA) is 55.0 Å². The number of aromatic nitrogens is 2. The Hall–Kier alpha value is -1.21. The van der Waals surface area contributed by atoms with Gasteiger partial charge in [-0.1, -0.05) is 11.6 Å². The van der Waals surface area contributed by atoms with Gasteiger partial charge in [0.1, 0.15) is 16.5 Å². The van der Waals surface area contributed by atoms with Crippen molar-refractivity contribution in [3.63, 3.8) is 0 Å². The molecule has 3 aromatic rings. The molecule has 0 aromatic carbocycles. The lowest BCUT2D eigenvalue weighted by Crippen LogP contribution is -2.18. The summed E-state index contributed by atoms with van der Waals surface area (Å²) in [5, 5.41) is 1.10. The number of thiophene rings is 2. The average molecular weight is 379 g/mol. The van der Waals surface area contributed by atoms with Crippen LogP contribution in [0.15, 0.2) is 12.1 Å². The lowest BCUT2D eigenvalue weighted by molar-refractivity contribution is 0.314. The summed E-state index contributed by atoms with van der Waals surface area (Å²) in [4.78, 5) is 15.3. The fraction of sp³-hybridized carbons (Fsp3) is 0.412. The average Bonchev–Trinajstić information content (AvgIpc) is 3.10. The van der Waals surface area contributed by atoms with Crippen LogP contribution >= 0.6 is 34.3 Å². The molecule has 7 heteroatoms. The molecule has 0 saturated heterocycles. The van der Waals surface area contributed by atoms with Gasteiger partial charge in [0.25, 0.3) is 0 Å². The molecule has 0 atom stereocenters. The van der Waals surface area contributed by atoms with Crippen LogP contribution in [0.2, 0.25) is 4.34 Å². The third kappa shape index (κ3) is 3.16. The Balaban J connectivity index is 1.58. The second kappa shape index (κ2) is 6.59. The monoisotopic (exact) mass is 378 g/mol. The molecule has 0 bridgehead atoms. The van der Waals surface area contributed by atoms with Gasteiger partial charge in [-0.15, -0.1) is 22.7 Å². The molecule has 126 valence electrons. The van der Waals surface area contributed by atoms with E-state index in [0.717, 1.165) is 39.8 Å². The highest BCUT2D eigenvalue weighted by Crippen LogP contribution is 2.37. The summed E-state index contributed by atoms with van der Waals surface area (Å²) in [5.74, 6) is 1.44. The molecule has 4 nitrogen and oxygen atoms in total. The van der Waals surface area contributed by atoms with Crippen molar-refractivity contribution in [3.05, 3.63) is 37.6 Å². The zero-order valence-electron chi connectivity index (χ0n) is 13.5. The Labute approximate surface area is 154 Å². The van der Waals surface area contributed by atoms with Gasteiger partial charge in [0, 0.05) is 16.3 Å². The molecule has 0 amide bonds. The Kier molecular flexibility index (Phi) is 4.47. The van der Waals surface area contributed by atoms with Crippen molar-refractivity contribution >= 4 is 50.3 Å². The molecule has 0 unspecified atom stereocenters. The molecule has 3 aromatic heterocycles. The third-order valence-electron chi connectivity index (χ3n) is 4.35. The van der Waals surface area contributed by atoms with Crippen molar-refractivity contribution in [2.24, 2.45) is 0 Å². The van der Waals surface area contributed by atoms with Crippen molar-refractivity contribution in [2.75, 3.05) is 12.8 Å². The SMILES string of the molecule is CN(Cc1nc(N)c2c3c(sc2n1)CCCC3)Cc1ccc(Cl)s1. The van der Waals surface area contributed by atoms with Gasteiger partial charge in [-0.25, -0.2) is 9.97 Å². The molecule has 2 N–H and O–H groups in total. The lowest BCUT2D eigenvalue weighted by Gasteiger charge is -2.15. The molecule has 0 radical (unpaired) electrons. The van der Waals surface area contributed by atoms with Crippen molar-refractivity contribution in [2.45, 2.75) is 38.8 Å². The molecule has 0 spiro atoms. The molecule has 3 heterocycles. The van der Waals surface area contributed by atoms with E-state index in [9.17, 15) is 0 Å². The summed E-state index contributed by atoms with van der Waals surface area (Å²) in [5.41, 5.74) is 7.67. The molecule has 24 heavy (non-hydrogen) atoms. The van der Waals surface area contributed by atoms with Crippen molar-refractivity contribution in [3.8, 4) is 0 Å². The summed E-state index contributed by atoms with van der Waals surface area (Å²) in [6.07, 6.45) is 4.78. The van der Waals surface area contributed by atoms with E-state index in [0.29, 0.717) is 12.4 Å². The van der Waals surface area contributed by atoms with Gasteiger partial charge in [0.2, 0.25) is 0 Å². The number of nitrogens with zero attached hydrogens (tertiary/aromatic N) is 3. The number of hydrogen-bond acceptors (Lipinski definition) is 6. The largest absolute Gasteiger partial charge is 0.383 e. The Bertz CT molecular complexity index is 886. The van der Waals surface area contributed by atoms with Crippen molar-refractivity contribution in [1.82, 2.24) is 14.9 Å². The minimum Gasteiger partial charge on any atom is -0.383 e. The summed E-state index contributed by atoms with van der Waals surface area (Å²) >= 11 is 9.41. The van der Waals surface area contributed by atoms with Crippen LogP contribution in [0.1, 0.15) is 34.0 Å². The first-order valence-corrected chi connectivity index (χ1v) is 10.1. The number of nitrogens with two attached hydrogens (primary N) is 1. The van der Waals surface area contributed by atoms with Crippen LogP contribution in [0.4, 0.5) is 5.82 Å². The van der Waals surface area contributed by atoms with E-state index >= 15 is 0 Å². The van der Waals surface area contributed by atoms with Gasteiger partial charge >= 0.3 is 0 Å². The van der Waals surface area contributed by atoms with Crippen molar-refractivity contribution < 1.29 is 0 Å². The van der Waals surface area contributed by atoms with Crippen LogP contribution in [0, 0.1) is 0 Å². The molecular weight excluding hydrogens is 360 g/mol. The number of rotatable bonds is 4. The van der Waals surface area contributed by atoms with E-state index in [4.69, 9.17) is 22.3 Å². The molecule has 0 aliphatic heterocycles. The fourth-order valence-electron chi connectivity index (χ4n) is 3.30. The summed E-state index contributed by atoms with van der Waals surface area (Å²) in [6, 6.07) is 4.00. The molecule has 1 aliphatic carbocycles. The van der Waals surface area contributed by atoms with Crippen LogP contribution in [0.3, 0.4) is 0 Å². The molecule has 0 saturated carbocycles. The van der Waals surface area contributed by atoms with Gasteiger partial charge in [-0.3, -0.25) is 4.90 Å². The highest BCUT2D eigenvalue weighted by Gasteiger charge is 2.20. The second-order valence-corrected chi connectivity index (χ2v) is 9.18. The Morgan fingerprint density at radius 3 is 2.79 bits per heavy atom. The first-order chi connectivity index (χ1) is 11.6. The van der Waals surface area contributed by atoms with E-state index < -0.39 is 0 Å². The highest BCUT2D eigenvalue weighted by atomic mass is 35.5. The fourth-order valence-corrected chi connectivity index (χ4v) is 5.76. The number of hydrogen-bond donors (Lipinski definition) is 1. The summed E-state index contributed by atoms with van der Waals surface area (Å²) in [6.45, 7) is 1.51. The predicted octanol–water partition coefficient (Wildman–Crippen LogP) is 4.50. The van der Waals surface area contributed by atoms with Gasteiger partial charge in [-0.05, 0) is 50.4 Å². The van der Waals surface area contributed by atoms with Crippen LogP contribution in [-0.4, -0.2) is 21.9 Å². The Morgan fingerprint density at radius 2 is 2.00 bits per heavy atom. The number of aryl methyl sites for hydroxylation is 2. The van der Waals surface area contributed by atoms with Gasteiger partial charge in [0.05, 0.1) is 16.3 Å².